The molecule has 3 rings (SSSR count). The third-order valence-corrected chi connectivity index (χ3v) is 3.63. The summed E-state index contributed by atoms with van der Waals surface area (Å²) >= 11 is 0. The topological polar surface area (TPSA) is 80.9 Å². The number of carbonyl (C=O) groups is 1. The van der Waals surface area contributed by atoms with Crippen LogP contribution in [0.2, 0.25) is 0 Å². The molecule has 1 aromatic heterocycles. The predicted molar refractivity (Wildman–Crippen MR) is 84.0 cm³/mol. The number of amides is 1. The molecule has 122 valence electrons. The van der Waals surface area contributed by atoms with E-state index in [9.17, 15) is 9.90 Å². The summed E-state index contributed by atoms with van der Waals surface area (Å²) in [5.41, 5.74) is 1.10. The maximum Gasteiger partial charge on any atom is 0.291 e. The number of fused-ring (bicyclic) bond motifs is 1. The van der Waals surface area contributed by atoms with E-state index in [4.69, 9.17) is 13.9 Å². The largest absolute Gasteiger partial charge is 0.486 e. The van der Waals surface area contributed by atoms with Crippen molar-refractivity contribution in [2.45, 2.75) is 25.9 Å². The van der Waals surface area contributed by atoms with E-state index in [1.165, 1.54) is 6.26 Å². The molecule has 0 saturated carbocycles. The minimum Gasteiger partial charge on any atom is -0.486 e. The molecule has 0 aliphatic carbocycles. The molecule has 6 heteroatoms. The Kier molecular flexibility index (Phi) is 4.52. The minimum atomic E-state index is -0.692. The fourth-order valence-electron chi connectivity index (χ4n) is 2.51. The normalized spacial score (nSPS) is 14.3. The lowest BCUT2D eigenvalue weighted by Crippen LogP contribution is -2.18. The van der Waals surface area contributed by atoms with Gasteiger partial charge in [0.25, 0.3) is 5.91 Å². The number of hydrogen-bond donors (Lipinski definition) is 2. The van der Waals surface area contributed by atoms with Crippen LogP contribution in [0.25, 0.3) is 0 Å². The molecule has 1 atom stereocenters. The molecule has 6 nitrogen and oxygen atoms in total. The SMILES string of the molecule is CCC[C@@H](O)c1cc2c(cc1NC(=O)c1ccco1)OCCO2. The third-order valence-electron chi connectivity index (χ3n) is 3.63. The molecule has 1 aliphatic heterocycles. The number of ether oxygens (including phenoxy) is 2. The first kappa shape index (κ1) is 15.4. The second-order valence-corrected chi connectivity index (χ2v) is 5.32. The summed E-state index contributed by atoms with van der Waals surface area (Å²) in [6.45, 7) is 2.91. The molecule has 1 aliphatic rings. The van der Waals surface area contributed by atoms with Crippen LogP contribution in [-0.2, 0) is 0 Å². The fourth-order valence-corrected chi connectivity index (χ4v) is 2.51. The summed E-state index contributed by atoms with van der Waals surface area (Å²) in [6, 6.07) is 6.64. The first-order valence-electron chi connectivity index (χ1n) is 7.65. The Morgan fingerprint density at radius 3 is 2.70 bits per heavy atom. The number of furan rings is 1. The van der Waals surface area contributed by atoms with Gasteiger partial charge in [-0.3, -0.25) is 4.79 Å². The summed E-state index contributed by atoms with van der Waals surface area (Å²) in [5.74, 6) is 0.961. The van der Waals surface area contributed by atoms with Crippen molar-refractivity contribution in [1.82, 2.24) is 0 Å². The van der Waals surface area contributed by atoms with E-state index < -0.39 is 6.10 Å². The van der Waals surface area contributed by atoms with Crippen LogP contribution in [0.5, 0.6) is 11.5 Å². The van der Waals surface area contributed by atoms with Crippen LogP contribution in [0.3, 0.4) is 0 Å². The van der Waals surface area contributed by atoms with Gasteiger partial charge in [0.05, 0.1) is 18.1 Å². The first-order chi connectivity index (χ1) is 11.2. The maximum atomic E-state index is 12.2. The molecular formula is C17H19NO5. The van der Waals surface area contributed by atoms with Crippen molar-refractivity contribution in [2.75, 3.05) is 18.5 Å². The molecule has 2 N–H and O–H groups in total. The molecular weight excluding hydrogens is 298 g/mol. The number of nitrogens with one attached hydrogen (secondary N) is 1. The molecule has 23 heavy (non-hydrogen) atoms. The Bertz CT molecular complexity index is 681. The van der Waals surface area contributed by atoms with E-state index in [1.54, 1.807) is 24.3 Å². The van der Waals surface area contributed by atoms with E-state index in [2.05, 4.69) is 5.32 Å². The number of benzene rings is 1. The van der Waals surface area contributed by atoms with Gasteiger partial charge in [-0.05, 0) is 24.6 Å². The van der Waals surface area contributed by atoms with Crippen molar-refractivity contribution in [2.24, 2.45) is 0 Å². The van der Waals surface area contributed by atoms with Gasteiger partial charge in [-0.15, -0.1) is 0 Å². The molecule has 0 radical (unpaired) electrons. The summed E-state index contributed by atoms with van der Waals surface area (Å²) in [5, 5.41) is 13.1. The van der Waals surface area contributed by atoms with Crippen LogP contribution < -0.4 is 14.8 Å². The van der Waals surface area contributed by atoms with E-state index in [0.717, 1.165) is 6.42 Å². The maximum absolute atomic E-state index is 12.2. The highest BCUT2D eigenvalue weighted by Crippen LogP contribution is 2.39. The first-order valence-corrected chi connectivity index (χ1v) is 7.65. The lowest BCUT2D eigenvalue weighted by atomic mass is 10.0. The van der Waals surface area contributed by atoms with Crippen LogP contribution in [0.4, 0.5) is 5.69 Å². The number of aliphatic hydroxyl groups excluding tert-OH is 1. The number of carbonyl (C=O) groups excluding carboxylic acids is 1. The summed E-state index contributed by atoms with van der Waals surface area (Å²) in [6.07, 6.45) is 2.15. The minimum absolute atomic E-state index is 0.204. The molecule has 0 fully saturated rings. The molecule has 0 unspecified atom stereocenters. The van der Waals surface area contributed by atoms with Crippen molar-refractivity contribution in [3.8, 4) is 11.5 Å². The number of hydrogen-bond acceptors (Lipinski definition) is 5. The van der Waals surface area contributed by atoms with Gasteiger partial charge >= 0.3 is 0 Å². The van der Waals surface area contributed by atoms with Gasteiger partial charge in [0.1, 0.15) is 13.2 Å². The molecule has 0 saturated heterocycles. The lowest BCUT2D eigenvalue weighted by Gasteiger charge is -2.23. The molecule has 0 bridgehead atoms. The Labute approximate surface area is 134 Å². The highest BCUT2D eigenvalue weighted by molar-refractivity contribution is 6.02. The zero-order valence-corrected chi connectivity index (χ0v) is 12.9. The van der Waals surface area contributed by atoms with Crippen molar-refractivity contribution in [1.29, 1.82) is 0 Å². The van der Waals surface area contributed by atoms with Crippen molar-refractivity contribution in [3.63, 3.8) is 0 Å². The Balaban J connectivity index is 1.94. The van der Waals surface area contributed by atoms with Crippen LogP contribution in [-0.4, -0.2) is 24.2 Å². The van der Waals surface area contributed by atoms with Gasteiger partial charge in [-0.2, -0.15) is 0 Å². The summed E-state index contributed by atoms with van der Waals surface area (Å²) in [7, 11) is 0. The quantitative estimate of drug-likeness (QED) is 0.885. The zero-order valence-electron chi connectivity index (χ0n) is 12.9. The van der Waals surface area contributed by atoms with Gasteiger partial charge in [-0.25, -0.2) is 0 Å². The van der Waals surface area contributed by atoms with Gasteiger partial charge in [-0.1, -0.05) is 13.3 Å². The summed E-state index contributed by atoms with van der Waals surface area (Å²) in [4.78, 5) is 12.2. The predicted octanol–water partition coefficient (Wildman–Crippen LogP) is 3.14. The number of aliphatic hydroxyl groups is 1. The Morgan fingerprint density at radius 2 is 2.04 bits per heavy atom. The highest BCUT2D eigenvalue weighted by Gasteiger charge is 2.21. The van der Waals surface area contributed by atoms with Crippen molar-refractivity contribution in [3.05, 3.63) is 41.9 Å². The van der Waals surface area contributed by atoms with E-state index >= 15 is 0 Å². The van der Waals surface area contributed by atoms with Crippen molar-refractivity contribution >= 4 is 11.6 Å². The highest BCUT2D eigenvalue weighted by atomic mass is 16.6. The number of rotatable bonds is 5. The van der Waals surface area contributed by atoms with Crippen LogP contribution in [0, 0.1) is 0 Å². The van der Waals surface area contributed by atoms with Gasteiger partial charge in [0, 0.05) is 11.6 Å². The Morgan fingerprint density at radius 1 is 1.30 bits per heavy atom. The molecule has 1 amide bonds. The second kappa shape index (κ2) is 6.75. The van der Waals surface area contributed by atoms with Crippen LogP contribution >= 0.6 is 0 Å². The Hall–Kier alpha value is -2.47. The smallest absolute Gasteiger partial charge is 0.291 e. The average molecular weight is 317 g/mol. The fraction of sp³-hybridized carbons (Fsp3) is 0.353. The third kappa shape index (κ3) is 3.32. The van der Waals surface area contributed by atoms with Gasteiger partial charge in [0.15, 0.2) is 17.3 Å². The number of anilines is 1. The molecule has 2 aromatic rings. The molecule has 0 spiro atoms. The molecule has 1 aromatic carbocycles. The monoisotopic (exact) mass is 317 g/mol. The average Bonchev–Trinajstić information content (AvgIpc) is 3.09. The van der Waals surface area contributed by atoms with E-state index in [1.807, 2.05) is 6.92 Å². The van der Waals surface area contributed by atoms with Gasteiger partial charge in [0.2, 0.25) is 0 Å². The zero-order chi connectivity index (χ0) is 16.2. The van der Waals surface area contributed by atoms with Crippen LogP contribution in [0.1, 0.15) is 42.0 Å². The molecule has 2 heterocycles. The lowest BCUT2D eigenvalue weighted by molar-refractivity contribution is 0.0996. The summed E-state index contributed by atoms with van der Waals surface area (Å²) < 4.78 is 16.2. The van der Waals surface area contributed by atoms with Gasteiger partial charge < -0.3 is 24.3 Å². The second-order valence-electron chi connectivity index (χ2n) is 5.32. The van der Waals surface area contributed by atoms with E-state index in [-0.39, 0.29) is 11.7 Å². The van der Waals surface area contributed by atoms with Crippen molar-refractivity contribution < 1.29 is 23.8 Å². The van der Waals surface area contributed by atoms with Crippen LogP contribution in [0.15, 0.2) is 34.9 Å². The van der Waals surface area contributed by atoms with E-state index in [0.29, 0.717) is 42.4 Å². The standard InChI is InChI=1S/C17H19NO5/c1-2-4-13(19)11-9-15-16(23-8-7-22-15)10-12(11)18-17(20)14-5-3-6-21-14/h3,5-6,9-10,13,19H,2,4,7-8H2,1H3,(H,18,20)/t13-/m1/s1.